The first-order valence-corrected chi connectivity index (χ1v) is 3.68. The zero-order valence-electron chi connectivity index (χ0n) is 6.39. The van der Waals surface area contributed by atoms with Gasteiger partial charge >= 0.3 is 0 Å². The van der Waals surface area contributed by atoms with Gasteiger partial charge in [0.05, 0.1) is 12.9 Å². The molecule has 0 fully saturated rings. The van der Waals surface area contributed by atoms with Crippen molar-refractivity contribution in [3.63, 3.8) is 0 Å². The standard InChI is InChI=1S/C8H16O/c1-3-5-6-7-8-9-4-2/h7-8H,3-6H2,1-2H3. The maximum absolute atomic E-state index is 5.00. The number of unbranched alkanes of at least 4 members (excludes halogenated alkanes) is 2. The summed E-state index contributed by atoms with van der Waals surface area (Å²) in [7, 11) is 0. The van der Waals surface area contributed by atoms with Crippen molar-refractivity contribution in [2.45, 2.75) is 33.1 Å². The lowest BCUT2D eigenvalue weighted by Gasteiger charge is -1.91. The molecule has 0 N–H and O–H groups in total. The molecule has 0 aromatic rings. The highest BCUT2D eigenvalue weighted by molar-refractivity contribution is 4.72. The third kappa shape index (κ3) is 7.54. The second-order valence-corrected chi connectivity index (χ2v) is 1.97. The summed E-state index contributed by atoms with van der Waals surface area (Å²) in [5, 5.41) is 0. The zero-order chi connectivity index (χ0) is 6.95. The van der Waals surface area contributed by atoms with E-state index in [1.54, 1.807) is 6.26 Å². The van der Waals surface area contributed by atoms with Crippen molar-refractivity contribution in [1.82, 2.24) is 0 Å². The Morgan fingerprint density at radius 2 is 2.11 bits per heavy atom. The molecule has 0 spiro atoms. The minimum absolute atomic E-state index is 0.780. The van der Waals surface area contributed by atoms with Crippen LogP contribution in [-0.2, 0) is 4.74 Å². The lowest BCUT2D eigenvalue weighted by Crippen LogP contribution is -1.76. The van der Waals surface area contributed by atoms with Gasteiger partial charge in [-0.05, 0) is 25.8 Å². The largest absolute Gasteiger partial charge is 0.502 e. The van der Waals surface area contributed by atoms with E-state index in [4.69, 9.17) is 4.74 Å². The molecule has 0 saturated carbocycles. The molecule has 0 unspecified atom stereocenters. The Morgan fingerprint density at radius 3 is 2.67 bits per heavy atom. The van der Waals surface area contributed by atoms with Crippen molar-refractivity contribution in [1.29, 1.82) is 0 Å². The van der Waals surface area contributed by atoms with Gasteiger partial charge in [0, 0.05) is 0 Å². The molecule has 0 radical (unpaired) electrons. The molecule has 0 aromatic heterocycles. The topological polar surface area (TPSA) is 9.23 Å². The lowest BCUT2D eigenvalue weighted by molar-refractivity contribution is 0.268. The van der Waals surface area contributed by atoms with Crippen LogP contribution in [0.2, 0.25) is 0 Å². The van der Waals surface area contributed by atoms with Crippen LogP contribution < -0.4 is 0 Å². The Bertz CT molecular complexity index is 67.0. The first kappa shape index (κ1) is 8.54. The smallest absolute Gasteiger partial charge is 0.0845 e. The Hall–Kier alpha value is -0.460. The summed E-state index contributed by atoms with van der Waals surface area (Å²) < 4.78 is 5.00. The molecular weight excluding hydrogens is 112 g/mol. The van der Waals surface area contributed by atoms with Gasteiger partial charge in [-0.2, -0.15) is 0 Å². The van der Waals surface area contributed by atoms with Gasteiger partial charge in [0.1, 0.15) is 0 Å². The maximum atomic E-state index is 5.00. The molecule has 0 saturated heterocycles. The van der Waals surface area contributed by atoms with Crippen molar-refractivity contribution >= 4 is 0 Å². The van der Waals surface area contributed by atoms with Gasteiger partial charge < -0.3 is 4.74 Å². The molecule has 54 valence electrons. The van der Waals surface area contributed by atoms with E-state index in [1.807, 2.05) is 6.92 Å². The Morgan fingerprint density at radius 1 is 1.33 bits per heavy atom. The van der Waals surface area contributed by atoms with Crippen LogP contribution in [0, 0.1) is 0 Å². The van der Waals surface area contributed by atoms with E-state index in [1.165, 1.54) is 12.8 Å². The summed E-state index contributed by atoms with van der Waals surface area (Å²) in [5.74, 6) is 0. The maximum Gasteiger partial charge on any atom is 0.0845 e. The van der Waals surface area contributed by atoms with E-state index in [0.717, 1.165) is 13.0 Å². The first-order valence-electron chi connectivity index (χ1n) is 3.68. The summed E-state index contributed by atoms with van der Waals surface area (Å²) in [6.07, 6.45) is 7.54. The molecule has 0 aliphatic carbocycles. The summed E-state index contributed by atoms with van der Waals surface area (Å²) >= 11 is 0. The van der Waals surface area contributed by atoms with Gasteiger partial charge in [0.15, 0.2) is 0 Å². The summed E-state index contributed by atoms with van der Waals surface area (Å²) in [4.78, 5) is 0. The molecule has 0 aromatic carbocycles. The molecule has 1 heteroatoms. The summed E-state index contributed by atoms with van der Waals surface area (Å²) in [6, 6.07) is 0. The minimum atomic E-state index is 0.780. The van der Waals surface area contributed by atoms with Crippen LogP contribution in [0.15, 0.2) is 12.3 Å². The molecule has 0 rings (SSSR count). The van der Waals surface area contributed by atoms with Crippen LogP contribution in [0.1, 0.15) is 33.1 Å². The molecule has 0 aliphatic heterocycles. The minimum Gasteiger partial charge on any atom is -0.502 e. The fourth-order valence-electron chi connectivity index (χ4n) is 0.554. The SMILES string of the molecule is CCCCC=COCC. The average molecular weight is 128 g/mol. The number of hydrogen-bond donors (Lipinski definition) is 0. The Kier molecular flexibility index (Phi) is 7.15. The molecule has 9 heavy (non-hydrogen) atoms. The average Bonchev–Trinajstić information content (AvgIpc) is 1.89. The van der Waals surface area contributed by atoms with Gasteiger partial charge in [-0.25, -0.2) is 0 Å². The van der Waals surface area contributed by atoms with E-state index >= 15 is 0 Å². The van der Waals surface area contributed by atoms with Gasteiger partial charge in [-0.3, -0.25) is 0 Å². The van der Waals surface area contributed by atoms with Crippen molar-refractivity contribution < 1.29 is 4.74 Å². The number of ether oxygens (including phenoxy) is 1. The highest BCUT2D eigenvalue weighted by Crippen LogP contribution is 1.94. The van der Waals surface area contributed by atoms with Crippen molar-refractivity contribution in [3.8, 4) is 0 Å². The van der Waals surface area contributed by atoms with Gasteiger partial charge in [-0.1, -0.05) is 13.3 Å². The van der Waals surface area contributed by atoms with Crippen molar-refractivity contribution in [2.75, 3.05) is 6.61 Å². The second kappa shape index (κ2) is 7.54. The third-order valence-corrected chi connectivity index (χ3v) is 1.08. The van der Waals surface area contributed by atoms with Crippen LogP contribution in [0.3, 0.4) is 0 Å². The summed E-state index contributed by atoms with van der Waals surface area (Å²) in [6.45, 7) is 4.96. The third-order valence-electron chi connectivity index (χ3n) is 1.08. The molecule has 1 nitrogen and oxygen atoms in total. The van der Waals surface area contributed by atoms with Gasteiger partial charge in [-0.15, -0.1) is 0 Å². The predicted molar refractivity (Wildman–Crippen MR) is 40.3 cm³/mol. The quantitative estimate of drug-likeness (QED) is 0.408. The van der Waals surface area contributed by atoms with Crippen LogP contribution in [0.4, 0.5) is 0 Å². The van der Waals surface area contributed by atoms with Crippen molar-refractivity contribution in [3.05, 3.63) is 12.3 Å². The lowest BCUT2D eigenvalue weighted by atomic mass is 10.2. The van der Waals surface area contributed by atoms with E-state index in [2.05, 4.69) is 13.0 Å². The Balaban J connectivity index is 2.86. The van der Waals surface area contributed by atoms with Crippen LogP contribution in [0.25, 0.3) is 0 Å². The van der Waals surface area contributed by atoms with E-state index in [9.17, 15) is 0 Å². The highest BCUT2D eigenvalue weighted by Gasteiger charge is 1.76. The summed E-state index contributed by atoms with van der Waals surface area (Å²) in [5.41, 5.74) is 0. The Labute approximate surface area is 57.7 Å². The van der Waals surface area contributed by atoms with Gasteiger partial charge in [0.25, 0.3) is 0 Å². The van der Waals surface area contributed by atoms with Crippen LogP contribution in [0.5, 0.6) is 0 Å². The van der Waals surface area contributed by atoms with E-state index in [0.29, 0.717) is 0 Å². The molecule has 0 bridgehead atoms. The monoisotopic (exact) mass is 128 g/mol. The van der Waals surface area contributed by atoms with Crippen LogP contribution in [-0.4, -0.2) is 6.61 Å². The zero-order valence-corrected chi connectivity index (χ0v) is 6.39. The first-order chi connectivity index (χ1) is 4.41. The highest BCUT2D eigenvalue weighted by atomic mass is 16.5. The normalized spacial score (nSPS) is 10.4. The van der Waals surface area contributed by atoms with Gasteiger partial charge in [0.2, 0.25) is 0 Å². The molecular formula is C8H16O. The van der Waals surface area contributed by atoms with Crippen LogP contribution >= 0.6 is 0 Å². The van der Waals surface area contributed by atoms with Crippen molar-refractivity contribution in [2.24, 2.45) is 0 Å². The molecule has 0 amide bonds. The number of hydrogen-bond acceptors (Lipinski definition) is 1. The fourth-order valence-corrected chi connectivity index (χ4v) is 0.554. The molecule has 0 aliphatic rings. The number of allylic oxidation sites excluding steroid dienone is 1. The van der Waals surface area contributed by atoms with E-state index < -0.39 is 0 Å². The number of rotatable bonds is 5. The predicted octanol–water partition coefficient (Wildman–Crippen LogP) is 2.73. The molecule has 0 heterocycles. The molecule has 0 atom stereocenters. The fraction of sp³-hybridized carbons (Fsp3) is 0.750. The second-order valence-electron chi connectivity index (χ2n) is 1.97. The van der Waals surface area contributed by atoms with E-state index in [-0.39, 0.29) is 0 Å².